The highest BCUT2D eigenvalue weighted by atomic mass is 32.1. The Morgan fingerprint density at radius 3 is 2.52 bits per heavy atom. The molecule has 0 aliphatic rings. The molecule has 0 unspecified atom stereocenters. The molecule has 0 fully saturated rings. The summed E-state index contributed by atoms with van der Waals surface area (Å²) in [7, 11) is 1.64. The minimum atomic E-state index is 0.164. The van der Waals surface area contributed by atoms with Crippen LogP contribution in [0.4, 0.5) is 0 Å². The highest BCUT2D eigenvalue weighted by Crippen LogP contribution is 2.25. The maximum absolute atomic E-state index is 10.4. The fourth-order valence-corrected chi connectivity index (χ4v) is 3.57. The van der Waals surface area contributed by atoms with Gasteiger partial charge in [-0.05, 0) is 35.5 Å². The summed E-state index contributed by atoms with van der Waals surface area (Å²) < 4.78 is 7.50. The van der Waals surface area contributed by atoms with E-state index in [0.717, 1.165) is 16.9 Å². The van der Waals surface area contributed by atoms with Crippen molar-refractivity contribution in [2.45, 2.75) is 13.1 Å². The average molecular weight is 370 g/mol. The molecule has 0 spiro atoms. The number of aliphatic imine (C=N–C) groups is 1. The molecule has 4 nitrogen and oxygen atoms in total. The predicted octanol–water partition coefficient (Wildman–Crippen LogP) is 4.66. The van der Waals surface area contributed by atoms with Crippen LogP contribution in [0.2, 0.25) is 0 Å². The first-order valence-corrected chi connectivity index (χ1v) is 8.99. The molecule has 6 heteroatoms. The summed E-state index contributed by atoms with van der Waals surface area (Å²) in [6.07, 6.45) is 1.68. The van der Waals surface area contributed by atoms with E-state index in [0.29, 0.717) is 21.9 Å². The van der Waals surface area contributed by atoms with Crippen molar-refractivity contribution in [3.05, 3.63) is 74.6 Å². The summed E-state index contributed by atoms with van der Waals surface area (Å²) in [6.45, 7) is 1.08. The molecule has 1 N–H and O–H groups in total. The Labute approximate surface area is 155 Å². The molecule has 0 saturated heterocycles. The maximum Gasteiger partial charge on any atom is 0.212 e. The van der Waals surface area contributed by atoms with Gasteiger partial charge in [0.1, 0.15) is 10.6 Å². The third-order valence-corrected chi connectivity index (χ3v) is 5.09. The summed E-state index contributed by atoms with van der Waals surface area (Å²) in [5, 5.41) is 10.4. The minimum absolute atomic E-state index is 0.164. The number of hydrogen-bond acceptors (Lipinski definition) is 5. The van der Waals surface area contributed by atoms with Gasteiger partial charge >= 0.3 is 0 Å². The number of aromatic nitrogens is 1. The van der Waals surface area contributed by atoms with Crippen LogP contribution < -0.4 is 4.74 Å². The number of rotatable bonds is 6. The Balaban J connectivity index is 1.72. The van der Waals surface area contributed by atoms with Crippen LogP contribution in [0.5, 0.6) is 11.6 Å². The third-order valence-electron chi connectivity index (χ3n) is 3.72. The lowest BCUT2D eigenvalue weighted by atomic mass is 10.2. The molecular weight excluding hydrogens is 352 g/mol. The molecule has 3 rings (SSSR count). The molecule has 0 atom stereocenters. The number of benzene rings is 2. The second-order valence-electron chi connectivity index (χ2n) is 5.45. The first-order valence-electron chi connectivity index (χ1n) is 7.76. The van der Waals surface area contributed by atoms with E-state index in [1.807, 2.05) is 54.6 Å². The van der Waals surface area contributed by atoms with Gasteiger partial charge in [0.2, 0.25) is 5.88 Å². The lowest BCUT2D eigenvalue weighted by Crippen LogP contribution is -1.98. The van der Waals surface area contributed by atoms with Crippen LogP contribution in [0.3, 0.4) is 0 Å². The van der Waals surface area contributed by atoms with Crippen LogP contribution in [0, 0.1) is 3.95 Å². The molecule has 0 aliphatic heterocycles. The molecule has 0 amide bonds. The van der Waals surface area contributed by atoms with Crippen LogP contribution in [0.25, 0.3) is 0 Å². The van der Waals surface area contributed by atoms with Gasteiger partial charge in [-0.1, -0.05) is 53.8 Å². The van der Waals surface area contributed by atoms with Gasteiger partial charge in [-0.3, -0.25) is 9.56 Å². The normalized spacial score (nSPS) is 11.1. The predicted molar refractivity (Wildman–Crippen MR) is 105 cm³/mol. The van der Waals surface area contributed by atoms with Crippen molar-refractivity contribution < 1.29 is 9.84 Å². The molecule has 1 heterocycles. The second kappa shape index (κ2) is 8.09. The van der Waals surface area contributed by atoms with E-state index in [1.54, 1.807) is 17.9 Å². The summed E-state index contributed by atoms with van der Waals surface area (Å²) >= 11 is 6.74. The van der Waals surface area contributed by atoms with Crippen molar-refractivity contribution in [1.29, 1.82) is 0 Å². The monoisotopic (exact) mass is 370 g/mol. The van der Waals surface area contributed by atoms with Crippen LogP contribution in [-0.4, -0.2) is 23.0 Å². The van der Waals surface area contributed by atoms with Crippen molar-refractivity contribution >= 4 is 29.8 Å². The Morgan fingerprint density at radius 2 is 1.84 bits per heavy atom. The molecule has 0 bridgehead atoms. The van der Waals surface area contributed by atoms with E-state index in [1.165, 1.54) is 11.3 Å². The van der Waals surface area contributed by atoms with Gasteiger partial charge in [-0.15, -0.1) is 0 Å². The van der Waals surface area contributed by atoms with Crippen LogP contribution >= 0.6 is 23.6 Å². The van der Waals surface area contributed by atoms with E-state index in [2.05, 4.69) is 4.99 Å². The molecule has 128 valence electrons. The van der Waals surface area contributed by atoms with Crippen LogP contribution in [0.1, 0.15) is 16.0 Å². The zero-order valence-electron chi connectivity index (χ0n) is 13.8. The number of hydrogen-bond donors (Lipinski definition) is 1. The topological polar surface area (TPSA) is 46.8 Å². The Hall–Kier alpha value is -2.44. The van der Waals surface area contributed by atoms with Crippen molar-refractivity contribution in [2.24, 2.45) is 4.99 Å². The number of aromatic hydroxyl groups is 1. The van der Waals surface area contributed by atoms with Crippen molar-refractivity contribution in [3.8, 4) is 11.6 Å². The van der Waals surface area contributed by atoms with Gasteiger partial charge in [0.15, 0.2) is 3.95 Å². The number of thiazole rings is 1. The molecule has 0 radical (unpaired) electrons. The van der Waals surface area contributed by atoms with Gasteiger partial charge in [0.25, 0.3) is 0 Å². The Morgan fingerprint density at radius 1 is 1.12 bits per heavy atom. The quantitative estimate of drug-likeness (QED) is 0.507. The fraction of sp³-hybridized carbons (Fsp3) is 0.158. The first kappa shape index (κ1) is 17.4. The van der Waals surface area contributed by atoms with Crippen molar-refractivity contribution in [3.63, 3.8) is 0 Å². The first-order chi connectivity index (χ1) is 12.2. The molecule has 25 heavy (non-hydrogen) atoms. The van der Waals surface area contributed by atoms with Gasteiger partial charge in [-0.2, -0.15) is 0 Å². The zero-order valence-corrected chi connectivity index (χ0v) is 15.4. The Bertz CT molecular complexity index is 913. The van der Waals surface area contributed by atoms with Gasteiger partial charge in [0, 0.05) is 6.21 Å². The number of methoxy groups -OCH3 is 1. The van der Waals surface area contributed by atoms with Gasteiger partial charge < -0.3 is 9.84 Å². The molecule has 3 aromatic rings. The van der Waals surface area contributed by atoms with E-state index >= 15 is 0 Å². The summed E-state index contributed by atoms with van der Waals surface area (Å²) in [5.41, 5.74) is 2.16. The largest absolute Gasteiger partial charge is 0.497 e. The second-order valence-corrected chi connectivity index (χ2v) is 7.12. The van der Waals surface area contributed by atoms with Gasteiger partial charge in [-0.25, -0.2) is 0 Å². The minimum Gasteiger partial charge on any atom is -0.497 e. The van der Waals surface area contributed by atoms with Crippen molar-refractivity contribution in [2.75, 3.05) is 7.11 Å². The van der Waals surface area contributed by atoms with Crippen LogP contribution in [0.15, 0.2) is 59.6 Å². The van der Waals surface area contributed by atoms with Gasteiger partial charge in [0.05, 0.1) is 20.2 Å². The average Bonchev–Trinajstić information content (AvgIpc) is 2.91. The summed E-state index contributed by atoms with van der Waals surface area (Å²) in [6, 6.07) is 17.7. The van der Waals surface area contributed by atoms with Crippen molar-refractivity contribution in [1.82, 2.24) is 4.57 Å². The van der Waals surface area contributed by atoms with E-state index < -0.39 is 0 Å². The fourth-order valence-electron chi connectivity index (χ4n) is 2.37. The molecule has 1 aromatic heterocycles. The number of ether oxygens (including phenoxy) is 1. The lowest BCUT2D eigenvalue weighted by Gasteiger charge is -2.04. The van der Waals surface area contributed by atoms with E-state index in [-0.39, 0.29) is 5.88 Å². The van der Waals surface area contributed by atoms with E-state index in [4.69, 9.17) is 17.0 Å². The highest BCUT2D eigenvalue weighted by Gasteiger charge is 2.10. The summed E-state index contributed by atoms with van der Waals surface area (Å²) in [4.78, 5) is 5.09. The number of nitrogens with zero attached hydrogens (tertiary/aromatic N) is 2. The highest BCUT2D eigenvalue weighted by molar-refractivity contribution is 7.73. The smallest absolute Gasteiger partial charge is 0.212 e. The Kier molecular flexibility index (Phi) is 5.63. The third kappa shape index (κ3) is 4.35. The molecule has 0 saturated carbocycles. The summed E-state index contributed by atoms with van der Waals surface area (Å²) in [5.74, 6) is 0.985. The lowest BCUT2D eigenvalue weighted by molar-refractivity contribution is 0.414. The molecule has 0 aliphatic carbocycles. The molecular formula is C19H18N2O2S2. The standard InChI is InChI=1S/C19H18N2O2S2/c1-23-16-9-7-14(8-10-16)11-20-12-17-18(22)21(19(24)25-17)13-15-5-3-2-4-6-15/h2-10,12,22H,11,13H2,1H3. The zero-order chi connectivity index (χ0) is 17.6. The van der Waals surface area contributed by atoms with E-state index in [9.17, 15) is 5.11 Å². The maximum atomic E-state index is 10.4. The SMILES string of the molecule is COc1ccc(CN=Cc2sc(=S)n(Cc3ccccc3)c2O)cc1. The van der Waals surface area contributed by atoms with Crippen LogP contribution in [-0.2, 0) is 13.1 Å². The molecule has 2 aromatic carbocycles.